The van der Waals surface area contributed by atoms with E-state index in [1.165, 1.54) is 4.90 Å². The van der Waals surface area contributed by atoms with E-state index < -0.39 is 15.3 Å². The van der Waals surface area contributed by atoms with Crippen LogP contribution in [0.4, 0.5) is 5.69 Å². The van der Waals surface area contributed by atoms with E-state index in [0.717, 1.165) is 16.7 Å². The van der Waals surface area contributed by atoms with Gasteiger partial charge in [0.25, 0.3) is 5.91 Å². The molecule has 7 nitrogen and oxygen atoms in total. The molecule has 0 saturated heterocycles. The second-order valence-electron chi connectivity index (χ2n) is 8.18. The molecule has 0 radical (unpaired) electrons. The van der Waals surface area contributed by atoms with E-state index in [9.17, 15) is 9.00 Å². The Balaban J connectivity index is 1.92. The highest BCUT2D eigenvalue weighted by Gasteiger charge is 2.49. The predicted octanol–water partition coefficient (Wildman–Crippen LogP) is 3.75. The highest BCUT2D eigenvalue weighted by molar-refractivity contribution is 7.92. The van der Waals surface area contributed by atoms with Crippen molar-refractivity contribution < 1.29 is 13.7 Å². The van der Waals surface area contributed by atoms with Crippen molar-refractivity contribution in [2.75, 3.05) is 26.7 Å². The molecule has 0 aliphatic carbocycles. The summed E-state index contributed by atoms with van der Waals surface area (Å²) in [6.07, 6.45) is 3.17. The van der Waals surface area contributed by atoms with Gasteiger partial charge in [0.15, 0.2) is 11.5 Å². The highest BCUT2D eigenvalue weighted by Crippen LogP contribution is 2.41. The number of carbonyl (C=O) groups is 1. The molecule has 0 spiro atoms. The normalized spacial score (nSPS) is 18.2. The number of nitrogens with zero attached hydrogens (tertiary/aromatic N) is 3. The van der Waals surface area contributed by atoms with Crippen LogP contribution in [0.1, 0.15) is 11.1 Å². The monoisotopic (exact) mass is 462 g/mol. The summed E-state index contributed by atoms with van der Waals surface area (Å²) in [5, 5.41) is 0. The summed E-state index contributed by atoms with van der Waals surface area (Å²) in [4.78, 5) is 19.5. The quantitative estimate of drug-likeness (QED) is 0.624. The van der Waals surface area contributed by atoms with Crippen LogP contribution in [0.5, 0.6) is 5.75 Å². The molecular formula is C25H26N4O3S. The molecule has 170 valence electrons. The zero-order valence-electron chi connectivity index (χ0n) is 19.0. The summed E-state index contributed by atoms with van der Waals surface area (Å²) >= 11 is 0. The third-order valence-electron chi connectivity index (χ3n) is 5.50. The van der Waals surface area contributed by atoms with Gasteiger partial charge < -0.3 is 10.5 Å². The fourth-order valence-electron chi connectivity index (χ4n) is 3.96. The molecule has 33 heavy (non-hydrogen) atoms. The number of likely N-dealkylation sites (N-methyl/N-ethyl adjacent to an activating group) is 1. The first-order chi connectivity index (χ1) is 15.6. The van der Waals surface area contributed by atoms with Gasteiger partial charge in [0.05, 0.1) is 12.8 Å². The van der Waals surface area contributed by atoms with Crippen LogP contribution in [0.3, 0.4) is 0 Å². The predicted molar refractivity (Wildman–Crippen MR) is 132 cm³/mol. The Kier molecular flexibility index (Phi) is 5.71. The van der Waals surface area contributed by atoms with Gasteiger partial charge in [0, 0.05) is 35.4 Å². The molecule has 1 heterocycles. The fraction of sp³-hybridized carbons (Fsp3) is 0.200. The minimum absolute atomic E-state index is 0.164. The van der Waals surface area contributed by atoms with E-state index in [-0.39, 0.29) is 11.9 Å². The lowest BCUT2D eigenvalue weighted by Gasteiger charge is -2.26. The summed E-state index contributed by atoms with van der Waals surface area (Å²) in [6, 6.07) is 22.5. The molecule has 1 unspecified atom stereocenters. The van der Waals surface area contributed by atoms with Gasteiger partial charge in [-0.1, -0.05) is 48.5 Å². The Morgan fingerprint density at radius 3 is 2.27 bits per heavy atom. The Labute approximate surface area is 194 Å². The number of rotatable bonds is 5. The van der Waals surface area contributed by atoms with Gasteiger partial charge in [0.2, 0.25) is 0 Å². The zero-order chi connectivity index (χ0) is 23.8. The number of nitrogens with two attached hydrogens (primary N) is 1. The maximum absolute atomic E-state index is 13.5. The first-order valence-corrected chi connectivity index (χ1v) is 12.6. The number of hydrogen-bond acceptors (Lipinski definition) is 6. The number of guanidine groups is 1. The van der Waals surface area contributed by atoms with E-state index in [1.54, 1.807) is 32.7 Å². The van der Waals surface area contributed by atoms with E-state index in [2.05, 4.69) is 9.36 Å². The summed E-state index contributed by atoms with van der Waals surface area (Å²) in [5.41, 5.74) is 8.45. The van der Waals surface area contributed by atoms with Gasteiger partial charge in [-0.2, -0.15) is 4.36 Å². The SMILES string of the molecule is COc1cc(N=S(C)(C)=O)cc(-c2cccc(C3(c4ccccc4)N=C(N)N(C)C3=O)c2)c1. The van der Waals surface area contributed by atoms with Crippen LogP contribution in [-0.2, 0) is 20.1 Å². The van der Waals surface area contributed by atoms with Gasteiger partial charge in [0.1, 0.15) is 5.75 Å². The van der Waals surface area contributed by atoms with E-state index >= 15 is 0 Å². The van der Waals surface area contributed by atoms with Gasteiger partial charge in [-0.3, -0.25) is 9.69 Å². The molecule has 0 fully saturated rings. The Hall–Kier alpha value is -3.65. The maximum atomic E-state index is 13.5. The van der Waals surface area contributed by atoms with Crippen molar-refractivity contribution in [2.24, 2.45) is 15.1 Å². The average molecular weight is 463 g/mol. The van der Waals surface area contributed by atoms with E-state index in [0.29, 0.717) is 17.0 Å². The van der Waals surface area contributed by atoms with Crippen molar-refractivity contribution >= 4 is 27.3 Å². The van der Waals surface area contributed by atoms with Crippen LogP contribution >= 0.6 is 0 Å². The van der Waals surface area contributed by atoms with Crippen LogP contribution in [0.25, 0.3) is 11.1 Å². The summed E-state index contributed by atoms with van der Waals surface area (Å²) in [7, 11) is 0.846. The number of carbonyl (C=O) groups excluding carboxylic acids is 1. The van der Waals surface area contributed by atoms with Gasteiger partial charge >= 0.3 is 0 Å². The lowest BCUT2D eigenvalue weighted by Crippen LogP contribution is -2.41. The molecule has 3 aromatic rings. The van der Waals surface area contributed by atoms with Crippen LogP contribution in [0.2, 0.25) is 0 Å². The third-order valence-corrected chi connectivity index (χ3v) is 6.15. The number of hydrogen-bond donors (Lipinski definition) is 1. The molecule has 4 rings (SSSR count). The van der Waals surface area contributed by atoms with Crippen LogP contribution < -0.4 is 10.5 Å². The van der Waals surface area contributed by atoms with Gasteiger partial charge in [-0.05, 0) is 40.5 Å². The molecule has 3 aromatic carbocycles. The average Bonchev–Trinajstić information content (AvgIpc) is 3.03. The van der Waals surface area contributed by atoms with E-state index in [4.69, 9.17) is 10.5 Å². The second-order valence-corrected chi connectivity index (χ2v) is 10.7. The van der Waals surface area contributed by atoms with Crippen LogP contribution in [0.15, 0.2) is 82.2 Å². The second kappa shape index (κ2) is 8.37. The third kappa shape index (κ3) is 4.21. The Bertz CT molecular complexity index is 1370. The van der Waals surface area contributed by atoms with Crippen molar-refractivity contribution in [3.8, 4) is 16.9 Å². The Morgan fingerprint density at radius 2 is 1.67 bits per heavy atom. The first kappa shape index (κ1) is 22.5. The number of benzene rings is 3. The number of ether oxygens (including phenoxy) is 1. The summed E-state index contributed by atoms with van der Waals surface area (Å²) in [6.45, 7) is 0. The highest BCUT2D eigenvalue weighted by atomic mass is 32.2. The molecule has 0 saturated carbocycles. The van der Waals surface area contributed by atoms with Gasteiger partial charge in [-0.15, -0.1) is 0 Å². The van der Waals surface area contributed by atoms with Crippen molar-refractivity contribution in [3.63, 3.8) is 0 Å². The van der Waals surface area contributed by atoms with Crippen molar-refractivity contribution in [1.82, 2.24) is 4.90 Å². The smallest absolute Gasteiger partial charge is 0.266 e. The molecule has 1 aliphatic heterocycles. The standard InChI is InChI=1S/C25H26N4O3S/c1-29-23(30)25(27-24(29)26,19-10-6-5-7-11-19)20-12-8-9-17(13-20)18-14-21(28-33(3,4)31)16-22(15-18)32-2/h5-16H,1-4H3,(H2,26,27). The topological polar surface area (TPSA) is 97.3 Å². The number of methoxy groups -OCH3 is 1. The molecule has 2 N–H and O–H groups in total. The molecule has 8 heteroatoms. The molecule has 1 aliphatic rings. The number of aliphatic imine (C=N–C) groups is 1. The Morgan fingerprint density at radius 1 is 0.970 bits per heavy atom. The van der Waals surface area contributed by atoms with Crippen molar-refractivity contribution in [2.45, 2.75) is 5.54 Å². The number of amides is 1. The molecule has 1 atom stereocenters. The molecular weight excluding hydrogens is 436 g/mol. The van der Waals surface area contributed by atoms with Crippen molar-refractivity contribution in [3.05, 3.63) is 83.9 Å². The minimum Gasteiger partial charge on any atom is -0.497 e. The lowest BCUT2D eigenvalue weighted by atomic mass is 9.81. The molecule has 0 bridgehead atoms. The lowest BCUT2D eigenvalue weighted by molar-refractivity contribution is -0.129. The molecule has 0 aromatic heterocycles. The van der Waals surface area contributed by atoms with Crippen molar-refractivity contribution in [1.29, 1.82) is 0 Å². The minimum atomic E-state index is -2.35. The van der Waals surface area contributed by atoms with Crippen LogP contribution in [0, 0.1) is 0 Å². The fourth-order valence-corrected chi connectivity index (χ4v) is 4.57. The van der Waals surface area contributed by atoms with Crippen LogP contribution in [-0.4, -0.2) is 47.6 Å². The first-order valence-electron chi connectivity index (χ1n) is 10.3. The van der Waals surface area contributed by atoms with Gasteiger partial charge in [-0.25, -0.2) is 9.20 Å². The summed E-state index contributed by atoms with van der Waals surface area (Å²) in [5.74, 6) is 0.538. The van der Waals surface area contributed by atoms with E-state index in [1.807, 2.05) is 66.7 Å². The summed E-state index contributed by atoms with van der Waals surface area (Å²) < 4.78 is 22.0. The maximum Gasteiger partial charge on any atom is 0.266 e. The zero-order valence-corrected chi connectivity index (χ0v) is 19.8. The largest absolute Gasteiger partial charge is 0.497 e. The molecule has 1 amide bonds.